The van der Waals surface area contributed by atoms with Crippen LogP contribution in [0, 0.1) is 15.9 Å². The molecule has 19 heavy (non-hydrogen) atoms. The highest BCUT2D eigenvalue weighted by molar-refractivity contribution is 9.09. The molecule has 1 unspecified atom stereocenters. The van der Waals surface area contributed by atoms with Crippen molar-refractivity contribution >= 4 is 32.5 Å². The van der Waals surface area contributed by atoms with Crippen LogP contribution >= 0.6 is 15.9 Å². The quantitative estimate of drug-likeness (QED) is 0.484. The Morgan fingerprint density at radius 1 is 1.58 bits per heavy atom. The third-order valence-corrected chi connectivity index (χ3v) is 3.96. The molecular weight excluding hydrogens is 315 g/mol. The number of nitro groups is 1. The first-order valence-corrected chi connectivity index (χ1v) is 6.80. The molecule has 0 aliphatic carbocycles. The number of benzene rings is 1. The minimum absolute atomic E-state index is 0.119. The lowest BCUT2D eigenvalue weighted by Crippen LogP contribution is -2.06. The molecule has 0 aliphatic heterocycles. The normalized spacial score (nSPS) is 12.6. The van der Waals surface area contributed by atoms with E-state index < -0.39 is 10.7 Å². The Morgan fingerprint density at radius 3 is 2.95 bits per heavy atom. The number of fused-ring (bicyclic) bond motifs is 1. The average Bonchev–Trinajstić information content (AvgIpc) is 2.41. The summed E-state index contributed by atoms with van der Waals surface area (Å²) in [7, 11) is 0. The fourth-order valence-corrected chi connectivity index (χ4v) is 2.29. The predicted molar refractivity (Wildman–Crippen MR) is 75.1 cm³/mol. The van der Waals surface area contributed by atoms with Gasteiger partial charge in [-0.1, -0.05) is 22.9 Å². The summed E-state index contributed by atoms with van der Waals surface area (Å²) in [6, 6.07) is 4.19. The first kappa shape index (κ1) is 13.9. The Hall–Kier alpha value is -1.56. The molecule has 1 atom stereocenters. The van der Waals surface area contributed by atoms with Crippen LogP contribution in [0.4, 0.5) is 10.1 Å². The molecule has 0 saturated heterocycles. The van der Waals surface area contributed by atoms with Crippen molar-refractivity contribution in [3.63, 3.8) is 0 Å². The molecule has 6 heteroatoms. The Kier molecular flexibility index (Phi) is 4.09. The molecule has 0 amide bonds. The summed E-state index contributed by atoms with van der Waals surface area (Å²) >= 11 is 3.45. The first-order valence-electron chi connectivity index (χ1n) is 5.89. The van der Waals surface area contributed by atoms with Gasteiger partial charge in [-0.15, -0.1) is 0 Å². The summed E-state index contributed by atoms with van der Waals surface area (Å²) < 4.78 is 14.1. The minimum Gasteiger partial charge on any atom is -0.258 e. The zero-order chi connectivity index (χ0) is 14.0. The van der Waals surface area contributed by atoms with Crippen LogP contribution in [0.5, 0.6) is 0 Å². The Morgan fingerprint density at radius 2 is 2.32 bits per heavy atom. The number of pyridine rings is 1. The standard InChI is InChI=1S/C13H12BrFN2O2/c1-2-8(14)6-10-11(15)7-12(17(18)19)9-4-3-5-16-13(9)10/h3-5,7-8H,2,6H2,1H3. The zero-order valence-electron chi connectivity index (χ0n) is 10.3. The van der Waals surface area contributed by atoms with Crippen molar-refractivity contribution in [2.24, 2.45) is 0 Å². The van der Waals surface area contributed by atoms with Crippen LogP contribution in [0.2, 0.25) is 0 Å². The molecule has 2 rings (SSSR count). The highest BCUT2D eigenvalue weighted by Gasteiger charge is 2.20. The van der Waals surface area contributed by atoms with Crippen molar-refractivity contribution in [2.75, 3.05) is 0 Å². The van der Waals surface area contributed by atoms with E-state index in [1.165, 1.54) is 6.20 Å². The third kappa shape index (κ3) is 2.73. The maximum atomic E-state index is 14.1. The number of hydrogen-bond donors (Lipinski definition) is 0. The summed E-state index contributed by atoms with van der Waals surface area (Å²) in [6.45, 7) is 1.98. The number of non-ortho nitro benzene ring substituents is 1. The van der Waals surface area contributed by atoms with Gasteiger partial charge in [-0.2, -0.15) is 0 Å². The number of nitro benzene ring substituents is 1. The SMILES string of the molecule is CCC(Br)Cc1c(F)cc([N+](=O)[O-])c2cccnc12. The number of nitrogens with zero attached hydrogens (tertiary/aromatic N) is 2. The topological polar surface area (TPSA) is 56.0 Å². The van der Waals surface area contributed by atoms with E-state index in [1.807, 2.05) is 6.92 Å². The highest BCUT2D eigenvalue weighted by atomic mass is 79.9. The van der Waals surface area contributed by atoms with Gasteiger partial charge in [-0.3, -0.25) is 15.1 Å². The van der Waals surface area contributed by atoms with Gasteiger partial charge in [-0.25, -0.2) is 4.39 Å². The van der Waals surface area contributed by atoms with Crippen molar-refractivity contribution < 1.29 is 9.31 Å². The van der Waals surface area contributed by atoms with Crippen LogP contribution < -0.4 is 0 Å². The molecule has 0 fully saturated rings. The molecule has 0 N–H and O–H groups in total. The second kappa shape index (κ2) is 5.61. The van der Waals surface area contributed by atoms with Gasteiger partial charge in [0.15, 0.2) is 0 Å². The van der Waals surface area contributed by atoms with Crippen LogP contribution in [0.1, 0.15) is 18.9 Å². The molecule has 1 aromatic carbocycles. The van der Waals surface area contributed by atoms with Gasteiger partial charge in [0, 0.05) is 16.6 Å². The van der Waals surface area contributed by atoms with Crippen LogP contribution in [0.25, 0.3) is 10.9 Å². The predicted octanol–water partition coefficient (Wildman–Crippen LogP) is 4.00. The van der Waals surface area contributed by atoms with Crippen molar-refractivity contribution in [1.29, 1.82) is 0 Å². The molecule has 0 bridgehead atoms. The number of rotatable bonds is 4. The van der Waals surface area contributed by atoms with E-state index in [-0.39, 0.29) is 10.5 Å². The molecule has 0 radical (unpaired) electrons. The van der Waals surface area contributed by atoms with Crippen LogP contribution in [-0.2, 0) is 6.42 Å². The van der Waals surface area contributed by atoms with E-state index >= 15 is 0 Å². The molecule has 4 nitrogen and oxygen atoms in total. The molecule has 0 aliphatic rings. The summed E-state index contributed by atoms with van der Waals surface area (Å²) in [6.07, 6.45) is 2.81. The molecule has 100 valence electrons. The van der Waals surface area contributed by atoms with Gasteiger partial charge in [0.25, 0.3) is 5.69 Å². The van der Waals surface area contributed by atoms with Gasteiger partial charge in [0.05, 0.1) is 21.9 Å². The second-order valence-electron chi connectivity index (χ2n) is 4.22. The lowest BCUT2D eigenvalue weighted by Gasteiger charge is -2.10. The lowest BCUT2D eigenvalue weighted by molar-refractivity contribution is -0.383. The second-order valence-corrected chi connectivity index (χ2v) is 5.52. The van der Waals surface area contributed by atoms with E-state index in [4.69, 9.17) is 0 Å². The molecule has 0 saturated carbocycles. The Balaban J connectivity index is 2.68. The Labute approximate surface area is 117 Å². The summed E-state index contributed by atoms with van der Waals surface area (Å²) in [5, 5.41) is 11.3. The van der Waals surface area contributed by atoms with Gasteiger partial charge in [-0.05, 0) is 25.0 Å². The van der Waals surface area contributed by atoms with Crippen LogP contribution in [-0.4, -0.2) is 14.7 Å². The number of hydrogen-bond acceptors (Lipinski definition) is 3. The van der Waals surface area contributed by atoms with Gasteiger partial charge in [0.2, 0.25) is 0 Å². The fraction of sp³-hybridized carbons (Fsp3) is 0.308. The molecule has 1 aromatic heterocycles. The first-order chi connectivity index (χ1) is 9.04. The van der Waals surface area contributed by atoms with Crippen molar-refractivity contribution in [1.82, 2.24) is 4.98 Å². The summed E-state index contributed by atoms with van der Waals surface area (Å²) in [5.41, 5.74) is 0.545. The zero-order valence-corrected chi connectivity index (χ0v) is 11.9. The Bertz CT molecular complexity index is 633. The number of aromatic nitrogens is 1. The van der Waals surface area contributed by atoms with E-state index in [2.05, 4.69) is 20.9 Å². The van der Waals surface area contributed by atoms with Crippen molar-refractivity contribution in [3.8, 4) is 0 Å². The highest BCUT2D eigenvalue weighted by Crippen LogP contribution is 2.31. The maximum absolute atomic E-state index is 14.1. The van der Waals surface area contributed by atoms with Gasteiger partial charge >= 0.3 is 0 Å². The van der Waals surface area contributed by atoms with E-state index in [1.54, 1.807) is 12.1 Å². The van der Waals surface area contributed by atoms with Crippen molar-refractivity contribution in [3.05, 3.63) is 45.9 Å². The lowest BCUT2D eigenvalue weighted by atomic mass is 10.0. The fourth-order valence-electron chi connectivity index (χ4n) is 1.96. The molecular formula is C13H12BrFN2O2. The molecule has 2 aromatic rings. The average molecular weight is 327 g/mol. The van der Waals surface area contributed by atoms with E-state index in [0.29, 0.717) is 22.9 Å². The molecule has 0 spiro atoms. The maximum Gasteiger partial charge on any atom is 0.281 e. The monoisotopic (exact) mass is 326 g/mol. The summed E-state index contributed by atoms with van der Waals surface area (Å²) in [5.74, 6) is -0.573. The van der Waals surface area contributed by atoms with Gasteiger partial charge in [0.1, 0.15) is 5.82 Å². The van der Waals surface area contributed by atoms with Crippen LogP contribution in [0.3, 0.4) is 0 Å². The largest absolute Gasteiger partial charge is 0.281 e. The van der Waals surface area contributed by atoms with Crippen molar-refractivity contribution in [2.45, 2.75) is 24.6 Å². The number of alkyl halides is 1. The molecule has 1 heterocycles. The van der Waals surface area contributed by atoms with E-state index in [0.717, 1.165) is 12.5 Å². The van der Waals surface area contributed by atoms with Crippen LogP contribution in [0.15, 0.2) is 24.4 Å². The number of halogens is 2. The van der Waals surface area contributed by atoms with E-state index in [9.17, 15) is 14.5 Å². The summed E-state index contributed by atoms with van der Waals surface area (Å²) in [4.78, 5) is 14.6. The minimum atomic E-state index is -0.581. The smallest absolute Gasteiger partial charge is 0.258 e. The van der Waals surface area contributed by atoms with Gasteiger partial charge < -0.3 is 0 Å². The third-order valence-electron chi connectivity index (χ3n) is 2.99.